The molecule has 0 saturated carbocycles. The Labute approximate surface area is 116 Å². The normalized spacial score (nSPS) is 11.7. The highest BCUT2D eigenvalue weighted by Gasteiger charge is 2.10. The van der Waals surface area contributed by atoms with Gasteiger partial charge in [0.25, 0.3) is 10.0 Å². The number of ether oxygens (including phenoxy) is 1. The summed E-state index contributed by atoms with van der Waals surface area (Å²) in [6.07, 6.45) is 1.49. The van der Waals surface area contributed by atoms with Crippen LogP contribution in [0.4, 0.5) is 5.95 Å². The molecule has 0 bridgehead atoms. The highest BCUT2D eigenvalue weighted by atomic mass is 32.2. The van der Waals surface area contributed by atoms with Gasteiger partial charge < -0.3 is 4.74 Å². The molecule has 0 saturated heterocycles. The summed E-state index contributed by atoms with van der Waals surface area (Å²) in [5.41, 5.74) is 0.783. The second-order valence-electron chi connectivity index (χ2n) is 3.76. The predicted octanol–water partition coefficient (Wildman–Crippen LogP) is 1.62. The second-order valence-corrected chi connectivity index (χ2v) is 5.33. The van der Waals surface area contributed by atoms with Crippen molar-refractivity contribution in [1.29, 1.82) is 0 Å². The molecule has 1 heterocycles. The van der Waals surface area contributed by atoms with Crippen LogP contribution in [0.25, 0.3) is 6.08 Å². The highest BCUT2D eigenvalue weighted by molar-refractivity contribution is 7.95. The number of nitrogens with one attached hydrogen (secondary N) is 2. The van der Waals surface area contributed by atoms with Crippen molar-refractivity contribution in [1.82, 2.24) is 15.2 Å². The fourth-order valence-electron chi connectivity index (χ4n) is 1.39. The fraction of sp³-hybridized carbons (Fsp3) is 0.167. The van der Waals surface area contributed by atoms with Gasteiger partial charge in [0, 0.05) is 0 Å². The van der Waals surface area contributed by atoms with Gasteiger partial charge >= 0.3 is 6.01 Å². The number of benzene rings is 1. The van der Waals surface area contributed by atoms with Crippen molar-refractivity contribution >= 4 is 22.0 Å². The van der Waals surface area contributed by atoms with Crippen LogP contribution in [0.15, 0.2) is 35.7 Å². The van der Waals surface area contributed by atoms with Crippen LogP contribution in [-0.2, 0) is 10.0 Å². The molecule has 7 nitrogen and oxygen atoms in total. The van der Waals surface area contributed by atoms with Gasteiger partial charge in [0.1, 0.15) is 0 Å². The quantitative estimate of drug-likeness (QED) is 0.843. The van der Waals surface area contributed by atoms with Crippen LogP contribution in [0.1, 0.15) is 12.5 Å². The third-order valence-electron chi connectivity index (χ3n) is 2.22. The molecule has 0 spiro atoms. The van der Waals surface area contributed by atoms with Crippen molar-refractivity contribution < 1.29 is 13.2 Å². The molecule has 2 rings (SSSR count). The van der Waals surface area contributed by atoms with Gasteiger partial charge in [0.2, 0.25) is 5.95 Å². The lowest BCUT2D eigenvalue weighted by Gasteiger charge is -1.99. The third kappa shape index (κ3) is 4.09. The SMILES string of the molecule is CCOc1n[nH]c(NS(=O)(=O)/C=C/c2ccccc2)n1. The standard InChI is InChI=1S/C12H14N4O3S/c1-2-19-12-13-11(14-15-12)16-20(17,18)9-8-10-6-4-3-5-7-10/h3-9H,2H2,1H3,(H2,13,14,15,16)/b9-8+. The molecule has 0 aliphatic carbocycles. The van der Waals surface area contributed by atoms with E-state index in [1.165, 1.54) is 6.08 Å². The van der Waals surface area contributed by atoms with Gasteiger partial charge in [-0.3, -0.25) is 0 Å². The summed E-state index contributed by atoms with van der Waals surface area (Å²) >= 11 is 0. The van der Waals surface area contributed by atoms with Crippen molar-refractivity contribution in [2.45, 2.75) is 6.92 Å². The second kappa shape index (κ2) is 6.20. The lowest BCUT2D eigenvalue weighted by Crippen LogP contribution is -2.10. The molecule has 0 radical (unpaired) electrons. The minimum absolute atomic E-state index is 0.00571. The maximum atomic E-state index is 11.8. The van der Waals surface area contributed by atoms with Gasteiger partial charge in [-0.2, -0.15) is 4.98 Å². The van der Waals surface area contributed by atoms with Crippen molar-refractivity contribution in [3.8, 4) is 6.01 Å². The fourth-order valence-corrected chi connectivity index (χ4v) is 2.15. The first-order chi connectivity index (χ1) is 9.59. The third-order valence-corrected chi connectivity index (χ3v) is 3.19. The zero-order chi connectivity index (χ0) is 14.4. The Hall–Kier alpha value is -2.35. The summed E-state index contributed by atoms with van der Waals surface area (Å²) in [7, 11) is -3.65. The van der Waals surface area contributed by atoms with E-state index in [-0.39, 0.29) is 12.0 Å². The summed E-state index contributed by atoms with van der Waals surface area (Å²) in [5, 5.41) is 7.19. The number of hydrogen-bond acceptors (Lipinski definition) is 5. The van der Waals surface area contributed by atoms with Gasteiger partial charge in [0.15, 0.2) is 0 Å². The van der Waals surface area contributed by atoms with Crippen molar-refractivity contribution in [3.63, 3.8) is 0 Å². The maximum Gasteiger partial charge on any atom is 0.337 e. The summed E-state index contributed by atoms with van der Waals surface area (Å²) in [6, 6.07) is 9.20. The van der Waals surface area contributed by atoms with Crippen LogP contribution < -0.4 is 9.46 Å². The topological polar surface area (TPSA) is 97.0 Å². The predicted molar refractivity (Wildman–Crippen MR) is 75.6 cm³/mol. The number of sulfonamides is 1. The summed E-state index contributed by atoms with van der Waals surface area (Å²) < 4.78 is 30.9. The first kappa shape index (κ1) is 14.1. The van der Waals surface area contributed by atoms with E-state index in [4.69, 9.17) is 4.74 Å². The van der Waals surface area contributed by atoms with E-state index in [1.54, 1.807) is 19.1 Å². The molecule has 1 aromatic heterocycles. The first-order valence-electron chi connectivity index (χ1n) is 5.90. The Morgan fingerprint density at radius 3 is 2.80 bits per heavy atom. The van der Waals surface area contributed by atoms with Crippen molar-refractivity contribution in [2.24, 2.45) is 0 Å². The monoisotopic (exact) mass is 294 g/mol. The number of nitrogens with zero attached hydrogens (tertiary/aromatic N) is 2. The van der Waals surface area contributed by atoms with Gasteiger partial charge in [-0.05, 0) is 18.6 Å². The van der Waals surface area contributed by atoms with E-state index in [0.29, 0.717) is 6.61 Å². The Bertz CT molecular complexity index is 680. The van der Waals surface area contributed by atoms with E-state index in [0.717, 1.165) is 11.0 Å². The smallest absolute Gasteiger partial charge is 0.337 e. The van der Waals surface area contributed by atoms with Crippen molar-refractivity contribution in [2.75, 3.05) is 11.3 Å². The zero-order valence-electron chi connectivity index (χ0n) is 10.8. The van der Waals surface area contributed by atoms with E-state index >= 15 is 0 Å². The number of aromatic amines is 1. The number of H-pyrrole nitrogens is 1. The molecule has 0 unspecified atom stereocenters. The summed E-state index contributed by atoms with van der Waals surface area (Å²) in [6.45, 7) is 2.18. The highest BCUT2D eigenvalue weighted by Crippen LogP contribution is 2.09. The molecule has 8 heteroatoms. The number of anilines is 1. The Morgan fingerprint density at radius 1 is 1.35 bits per heavy atom. The van der Waals surface area contributed by atoms with Gasteiger partial charge in [0.05, 0.1) is 12.0 Å². The minimum atomic E-state index is -3.65. The summed E-state index contributed by atoms with van der Waals surface area (Å²) in [5.74, 6) is 0.00571. The zero-order valence-corrected chi connectivity index (χ0v) is 11.6. The average molecular weight is 294 g/mol. The maximum absolute atomic E-state index is 11.8. The molecular weight excluding hydrogens is 280 g/mol. The Balaban J connectivity index is 2.05. The number of hydrogen-bond donors (Lipinski definition) is 2. The number of aromatic nitrogens is 3. The van der Waals surface area contributed by atoms with Crippen LogP contribution in [0.3, 0.4) is 0 Å². The Morgan fingerprint density at radius 2 is 2.10 bits per heavy atom. The molecule has 0 amide bonds. The van der Waals surface area contributed by atoms with E-state index in [1.807, 2.05) is 18.2 Å². The molecule has 106 valence electrons. The van der Waals surface area contributed by atoms with Crippen LogP contribution in [0.5, 0.6) is 6.01 Å². The van der Waals surface area contributed by atoms with E-state index in [2.05, 4.69) is 19.9 Å². The number of rotatable bonds is 6. The average Bonchev–Trinajstić information content (AvgIpc) is 2.85. The van der Waals surface area contributed by atoms with E-state index < -0.39 is 10.0 Å². The lowest BCUT2D eigenvalue weighted by atomic mass is 10.2. The molecule has 0 fully saturated rings. The van der Waals surface area contributed by atoms with Crippen LogP contribution in [-0.4, -0.2) is 30.2 Å². The molecular formula is C12H14N4O3S. The molecule has 2 aromatic rings. The first-order valence-corrected chi connectivity index (χ1v) is 7.45. The molecule has 2 N–H and O–H groups in total. The van der Waals surface area contributed by atoms with Crippen LogP contribution in [0.2, 0.25) is 0 Å². The minimum Gasteiger partial charge on any atom is -0.463 e. The largest absolute Gasteiger partial charge is 0.463 e. The van der Waals surface area contributed by atoms with Crippen LogP contribution in [0, 0.1) is 0 Å². The summed E-state index contributed by atoms with van der Waals surface area (Å²) in [4.78, 5) is 3.83. The van der Waals surface area contributed by atoms with E-state index in [9.17, 15) is 8.42 Å². The molecule has 0 aliphatic heterocycles. The molecule has 1 aromatic carbocycles. The van der Waals surface area contributed by atoms with Crippen molar-refractivity contribution in [3.05, 3.63) is 41.3 Å². The Kier molecular flexibility index (Phi) is 4.36. The van der Waals surface area contributed by atoms with Gasteiger partial charge in [-0.1, -0.05) is 30.3 Å². The lowest BCUT2D eigenvalue weighted by molar-refractivity contribution is 0.314. The van der Waals surface area contributed by atoms with Gasteiger partial charge in [-0.15, -0.1) is 5.10 Å². The molecule has 0 aliphatic rings. The van der Waals surface area contributed by atoms with Crippen LogP contribution >= 0.6 is 0 Å². The molecule has 0 atom stereocenters. The van der Waals surface area contributed by atoms with Gasteiger partial charge in [-0.25, -0.2) is 18.2 Å². The molecule has 20 heavy (non-hydrogen) atoms.